The van der Waals surface area contributed by atoms with E-state index < -0.39 is 0 Å². The second kappa shape index (κ2) is 12.7. The molecule has 1 saturated carbocycles. The van der Waals surface area contributed by atoms with Crippen molar-refractivity contribution in [2.75, 3.05) is 4.90 Å². The molecule has 3 heterocycles. The molecule has 11 aromatic rings. The van der Waals surface area contributed by atoms with Gasteiger partial charge in [-0.05, 0) is 123 Å². The van der Waals surface area contributed by atoms with Crippen molar-refractivity contribution in [3.8, 4) is 11.4 Å². The SMILES string of the molecule is Cc1ccc(N(c2ccc3c(c2)c2cc(-n4c5ccccc5c5ccc(C)cc54)ccc2n3-c2ccccc2)c2ccc3c(c2)c2ccccc2n3C23C=CC=CC2C3)cc1. The van der Waals surface area contributed by atoms with E-state index in [9.17, 15) is 0 Å². The zero-order chi connectivity index (χ0) is 40.4. The second-order valence-corrected chi connectivity index (χ2v) is 17.2. The van der Waals surface area contributed by atoms with Crippen molar-refractivity contribution >= 4 is 82.5 Å². The number of hydrogen-bond donors (Lipinski definition) is 0. The fourth-order valence-electron chi connectivity index (χ4n) is 10.7. The van der Waals surface area contributed by atoms with E-state index in [0.29, 0.717) is 5.92 Å². The van der Waals surface area contributed by atoms with Crippen LogP contribution < -0.4 is 4.90 Å². The Morgan fingerprint density at radius 1 is 0.426 bits per heavy atom. The van der Waals surface area contributed by atoms with Crippen LogP contribution in [-0.4, -0.2) is 13.7 Å². The van der Waals surface area contributed by atoms with E-state index in [4.69, 9.17) is 0 Å². The molecule has 8 aromatic carbocycles. The Labute approximate surface area is 354 Å². The highest BCUT2D eigenvalue weighted by atomic mass is 15.2. The van der Waals surface area contributed by atoms with Crippen LogP contribution in [0.2, 0.25) is 0 Å². The van der Waals surface area contributed by atoms with Crippen molar-refractivity contribution < 1.29 is 0 Å². The molecule has 2 atom stereocenters. The summed E-state index contributed by atoms with van der Waals surface area (Å²) >= 11 is 0. The lowest BCUT2D eigenvalue weighted by Crippen LogP contribution is -2.17. The van der Waals surface area contributed by atoms with E-state index in [1.54, 1.807) is 0 Å². The van der Waals surface area contributed by atoms with Gasteiger partial charge in [-0.1, -0.05) is 109 Å². The molecule has 13 rings (SSSR count). The number of fused-ring (bicyclic) bond motifs is 10. The lowest BCUT2D eigenvalue weighted by atomic mass is 10.1. The summed E-state index contributed by atoms with van der Waals surface area (Å²) in [5.74, 6) is 0.532. The van der Waals surface area contributed by atoms with Crippen LogP contribution in [0.15, 0.2) is 200 Å². The second-order valence-electron chi connectivity index (χ2n) is 17.2. The fraction of sp³-hybridized carbons (Fsp3) is 0.0877. The molecular formula is C57H42N4. The predicted molar refractivity (Wildman–Crippen MR) is 257 cm³/mol. The van der Waals surface area contributed by atoms with Gasteiger partial charge in [0.25, 0.3) is 0 Å². The molecule has 4 heteroatoms. The summed E-state index contributed by atoms with van der Waals surface area (Å²) in [6, 6.07) is 65.5. The zero-order valence-corrected chi connectivity index (χ0v) is 34.1. The van der Waals surface area contributed by atoms with Crippen LogP contribution in [-0.2, 0) is 5.54 Å². The smallest absolute Gasteiger partial charge is 0.0707 e. The van der Waals surface area contributed by atoms with E-state index >= 15 is 0 Å². The summed E-state index contributed by atoms with van der Waals surface area (Å²) in [6.07, 6.45) is 10.4. The maximum absolute atomic E-state index is 2.61. The highest BCUT2D eigenvalue weighted by molar-refractivity contribution is 6.14. The molecule has 4 nitrogen and oxygen atoms in total. The molecule has 0 spiro atoms. The van der Waals surface area contributed by atoms with Gasteiger partial charge in [0, 0.05) is 72.2 Å². The highest BCUT2D eigenvalue weighted by Gasteiger charge is 2.54. The number of hydrogen-bond acceptors (Lipinski definition) is 1. The summed E-state index contributed by atoms with van der Waals surface area (Å²) in [5.41, 5.74) is 15.5. The minimum Gasteiger partial charge on any atom is -0.330 e. The molecule has 2 unspecified atom stereocenters. The molecule has 0 radical (unpaired) electrons. The van der Waals surface area contributed by atoms with E-state index in [2.05, 4.69) is 233 Å². The minimum absolute atomic E-state index is 0.00315. The molecular weight excluding hydrogens is 741 g/mol. The van der Waals surface area contributed by atoms with Crippen LogP contribution in [0.4, 0.5) is 17.1 Å². The van der Waals surface area contributed by atoms with Gasteiger partial charge >= 0.3 is 0 Å². The summed E-state index contributed by atoms with van der Waals surface area (Å²) < 4.78 is 7.48. The summed E-state index contributed by atoms with van der Waals surface area (Å²) in [5, 5.41) is 7.53. The predicted octanol–water partition coefficient (Wildman–Crippen LogP) is 14.9. The average molecular weight is 783 g/mol. The monoisotopic (exact) mass is 782 g/mol. The minimum atomic E-state index is 0.00315. The van der Waals surface area contributed by atoms with E-state index in [0.717, 1.165) is 34.9 Å². The molecule has 0 amide bonds. The normalized spacial score (nSPS) is 17.0. The van der Waals surface area contributed by atoms with Crippen molar-refractivity contribution in [1.29, 1.82) is 0 Å². The zero-order valence-electron chi connectivity index (χ0n) is 34.1. The van der Waals surface area contributed by atoms with E-state index in [-0.39, 0.29) is 5.54 Å². The van der Waals surface area contributed by atoms with Gasteiger partial charge in [-0.3, -0.25) is 0 Å². The first-order valence-electron chi connectivity index (χ1n) is 21.4. The number of aryl methyl sites for hydroxylation is 2. The number of aromatic nitrogens is 3. The summed E-state index contributed by atoms with van der Waals surface area (Å²) in [4.78, 5) is 2.44. The molecule has 3 aromatic heterocycles. The Morgan fingerprint density at radius 2 is 0.984 bits per heavy atom. The molecule has 0 bridgehead atoms. The number of anilines is 3. The fourth-order valence-corrected chi connectivity index (χ4v) is 10.7. The van der Waals surface area contributed by atoms with Gasteiger partial charge < -0.3 is 18.6 Å². The molecule has 0 aliphatic heterocycles. The number of benzene rings is 8. The quantitative estimate of drug-likeness (QED) is 0.164. The van der Waals surface area contributed by atoms with Gasteiger partial charge in [-0.15, -0.1) is 0 Å². The third kappa shape index (κ3) is 4.99. The number of allylic oxidation sites excluding steroid dienone is 4. The van der Waals surface area contributed by atoms with Gasteiger partial charge in [-0.2, -0.15) is 0 Å². The first-order valence-corrected chi connectivity index (χ1v) is 21.4. The maximum Gasteiger partial charge on any atom is 0.0707 e. The lowest BCUT2D eigenvalue weighted by Gasteiger charge is -2.26. The Balaban J connectivity index is 1.05. The van der Waals surface area contributed by atoms with Crippen molar-refractivity contribution in [2.24, 2.45) is 5.92 Å². The molecule has 0 saturated heterocycles. The topological polar surface area (TPSA) is 18.0 Å². The van der Waals surface area contributed by atoms with Crippen LogP contribution in [0.3, 0.4) is 0 Å². The van der Waals surface area contributed by atoms with Gasteiger partial charge in [0.15, 0.2) is 0 Å². The number of nitrogens with zero attached hydrogens (tertiary/aromatic N) is 4. The van der Waals surface area contributed by atoms with Gasteiger partial charge in [-0.25, -0.2) is 0 Å². The van der Waals surface area contributed by atoms with Crippen LogP contribution in [0.25, 0.3) is 76.8 Å². The molecule has 2 aliphatic carbocycles. The van der Waals surface area contributed by atoms with Crippen molar-refractivity contribution in [3.05, 3.63) is 211 Å². The summed E-state index contributed by atoms with van der Waals surface area (Å²) in [7, 11) is 0. The number of rotatable bonds is 6. The van der Waals surface area contributed by atoms with Crippen LogP contribution in [0, 0.1) is 19.8 Å². The standard InChI is InChI=1S/C57H42N4/c1-37-19-22-41(23-20-37)58(43-26-30-55-48(33-43)46-16-7-9-18-54(46)61(55)57-31-11-10-12-39(57)36-57)42-24-28-52-49(34-42)50-35-44(25-29-53(50)59(52)40-13-4-3-5-14-40)60-51-17-8-6-15-45(51)47-27-21-38(2)32-56(47)60/h3-35,39H,36H2,1-2H3. The Morgan fingerprint density at radius 3 is 1.75 bits per heavy atom. The van der Waals surface area contributed by atoms with Crippen LogP contribution >= 0.6 is 0 Å². The van der Waals surface area contributed by atoms with Crippen molar-refractivity contribution in [1.82, 2.24) is 13.7 Å². The first kappa shape index (κ1) is 34.3. The lowest BCUT2D eigenvalue weighted by molar-refractivity contribution is 0.601. The van der Waals surface area contributed by atoms with Crippen molar-refractivity contribution in [2.45, 2.75) is 25.8 Å². The van der Waals surface area contributed by atoms with Crippen molar-refractivity contribution in [3.63, 3.8) is 0 Å². The highest BCUT2D eigenvalue weighted by Crippen LogP contribution is 2.57. The molecule has 0 N–H and O–H groups in total. The van der Waals surface area contributed by atoms with E-state index in [1.165, 1.54) is 76.5 Å². The van der Waals surface area contributed by atoms with E-state index in [1.807, 2.05) is 0 Å². The van der Waals surface area contributed by atoms with Gasteiger partial charge in [0.2, 0.25) is 0 Å². The third-order valence-electron chi connectivity index (χ3n) is 13.6. The van der Waals surface area contributed by atoms with Gasteiger partial charge in [0.05, 0.1) is 33.1 Å². The Hall–Kier alpha value is -7.56. The van der Waals surface area contributed by atoms with Crippen LogP contribution in [0.5, 0.6) is 0 Å². The van der Waals surface area contributed by atoms with Gasteiger partial charge in [0.1, 0.15) is 0 Å². The van der Waals surface area contributed by atoms with Crippen LogP contribution in [0.1, 0.15) is 17.5 Å². The summed E-state index contributed by atoms with van der Waals surface area (Å²) in [6.45, 7) is 4.35. The largest absolute Gasteiger partial charge is 0.330 e. The maximum atomic E-state index is 2.61. The molecule has 290 valence electrons. The Kier molecular flexibility index (Phi) is 7.16. The average Bonchev–Trinajstić information content (AvgIpc) is 3.66. The Bertz CT molecular complexity index is 3650. The number of para-hydroxylation sites is 3. The molecule has 2 aliphatic rings. The first-order chi connectivity index (χ1) is 30.0. The molecule has 61 heavy (non-hydrogen) atoms. The third-order valence-corrected chi connectivity index (χ3v) is 13.6. The molecule has 1 fully saturated rings.